The number of carbonyl (C=O) groups excluding carboxylic acids is 1. The molecule has 1 aliphatic heterocycles. The summed E-state index contributed by atoms with van der Waals surface area (Å²) < 4.78 is 10.8. The Hall–Kier alpha value is -1.75. The molecule has 0 radical (unpaired) electrons. The summed E-state index contributed by atoms with van der Waals surface area (Å²) in [4.78, 5) is 11.9. The maximum Gasteiger partial charge on any atom is 0.258 e. The molecule has 5 heteroatoms. The SMILES string of the molecule is CCOc1ccc(OCC(=O)NC2CCCNC2C)cc1. The number of nitrogens with one attached hydrogen (secondary N) is 2. The minimum absolute atomic E-state index is 0.0389. The molecule has 0 aliphatic carbocycles. The Bertz CT molecular complexity index is 447. The lowest BCUT2D eigenvalue weighted by atomic mass is 10.00. The normalized spacial score (nSPS) is 21.6. The molecule has 1 aliphatic rings. The first-order valence-electron chi connectivity index (χ1n) is 7.57. The van der Waals surface area contributed by atoms with Gasteiger partial charge in [-0.05, 0) is 57.5 Å². The van der Waals surface area contributed by atoms with Crippen LogP contribution < -0.4 is 20.1 Å². The molecule has 0 saturated carbocycles. The average molecular weight is 292 g/mol. The van der Waals surface area contributed by atoms with E-state index in [-0.39, 0.29) is 18.6 Å². The van der Waals surface area contributed by atoms with Gasteiger partial charge >= 0.3 is 0 Å². The van der Waals surface area contributed by atoms with Crippen molar-refractivity contribution in [2.45, 2.75) is 38.8 Å². The van der Waals surface area contributed by atoms with E-state index >= 15 is 0 Å². The second-order valence-corrected chi connectivity index (χ2v) is 5.25. The molecule has 1 amide bonds. The quantitative estimate of drug-likeness (QED) is 0.838. The van der Waals surface area contributed by atoms with Crippen molar-refractivity contribution in [1.82, 2.24) is 10.6 Å². The van der Waals surface area contributed by atoms with Crippen LogP contribution in [-0.4, -0.2) is 37.7 Å². The lowest BCUT2D eigenvalue weighted by molar-refractivity contribution is -0.124. The van der Waals surface area contributed by atoms with Crippen LogP contribution >= 0.6 is 0 Å². The Morgan fingerprint density at radius 1 is 1.29 bits per heavy atom. The molecular weight excluding hydrogens is 268 g/mol. The van der Waals surface area contributed by atoms with Gasteiger partial charge in [0.25, 0.3) is 5.91 Å². The van der Waals surface area contributed by atoms with Gasteiger partial charge in [-0.1, -0.05) is 0 Å². The number of hydrogen-bond acceptors (Lipinski definition) is 4. The highest BCUT2D eigenvalue weighted by atomic mass is 16.5. The van der Waals surface area contributed by atoms with Crippen LogP contribution in [0.15, 0.2) is 24.3 Å². The number of rotatable bonds is 6. The predicted octanol–water partition coefficient (Wildman–Crippen LogP) is 1.72. The van der Waals surface area contributed by atoms with Crippen LogP contribution in [0.2, 0.25) is 0 Å². The highest BCUT2D eigenvalue weighted by Gasteiger charge is 2.22. The van der Waals surface area contributed by atoms with Gasteiger partial charge in [0.05, 0.1) is 6.61 Å². The van der Waals surface area contributed by atoms with E-state index in [1.165, 1.54) is 0 Å². The van der Waals surface area contributed by atoms with Crippen molar-refractivity contribution in [1.29, 1.82) is 0 Å². The van der Waals surface area contributed by atoms with Crippen molar-refractivity contribution in [3.8, 4) is 11.5 Å². The molecule has 5 nitrogen and oxygen atoms in total. The number of ether oxygens (including phenoxy) is 2. The summed E-state index contributed by atoms with van der Waals surface area (Å²) in [6.45, 7) is 5.73. The van der Waals surface area contributed by atoms with Crippen LogP contribution in [0.5, 0.6) is 11.5 Å². The standard InChI is InChI=1S/C16H24N2O3/c1-3-20-13-6-8-14(9-7-13)21-11-16(19)18-15-5-4-10-17-12(15)2/h6-9,12,15,17H,3-5,10-11H2,1-2H3,(H,18,19). The third kappa shape index (κ3) is 4.93. The minimum Gasteiger partial charge on any atom is -0.494 e. The fourth-order valence-electron chi connectivity index (χ4n) is 2.44. The Kier molecular flexibility index (Phi) is 5.87. The van der Waals surface area contributed by atoms with Gasteiger partial charge in [-0.25, -0.2) is 0 Å². The summed E-state index contributed by atoms with van der Waals surface area (Å²) in [5.74, 6) is 1.39. The van der Waals surface area contributed by atoms with E-state index in [9.17, 15) is 4.79 Å². The van der Waals surface area contributed by atoms with Crippen LogP contribution in [0.25, 0.3) is 0 Å². The summed E-state index contributed by atoms with van der Waals surface area (Å²) in [6.07, 6.45) is 2.11. The summed E-state index contributed by atoms with van der Waals surface area (Å²) in [5, 5.41) is 6.38. The molecule has 2 unspecified atom stereocenters. The third-order valence-corrected chi connectivity index (χ3v) is 3.61. The monoisotopic (exact) mass is 292 g/mol. The van der Waals surface area contributed by atoms with E-state index in [1.807, 2.05) is 31.2 Å². The maximum absolute atomic E-state index is 11.9. The zero-order chi connectivity index (χ0) is 15.1. The summed E-state index contributed by atoms with van der Waals surface area (Å²) in [5.41, 5.74) is 0. The van der Waals surface area contributed by atoms with Crippen LogP contribution in [0, 0.1) is 0 Å². The Morgan fingerprint density at radius 2 is 1.95 bits per heavy atom. The molecule has 0 aromatic heterocycles. The molecule has 1 heterocycles. The van der Waals surface area contributed by atoms with Gasteiger partial charge < -0.3 is 20.1 Å². The van der Waals surface area contributed by atoms with Crippen LogP contribution in [0.4, 0.5) is 0 Å². The summed E-state index contributed by atoms with van der Waals surface area (Å²) in [7, 11) is 0. The third-order valence-electron chi connectivity index (χ3n) is 3.61. The molecule has 0 spiro atoms. The Labute approximate surface area is 126 Å². The molecule has 0 bridgehead atoms. The van der Waals surface area contributed by atoms with Crippen LogP contribution in [0.1, 0.15) is 26.7 Å². The first-order valence-corrected chi connectivity index (χ1v) is 7.57. The fraction of sp³-hybridized carbons (Fsp3) is 0.562. The van der Waals surface area contributed by atoms with E-state index in [0.717, 1.165) is 25.1 Å². The van der Waals surface area contributed by atoms with Crippen molar-refractivity contribution in [2.24, 2.45) is 0 Å². The van der Waals surface area contributed by atoms with Crippen molar-refractivity contribution < 1.29 is 14.3 Å². The van der Waals surface area contributed by atoms with Crippen molar-refractivity contribution in [2.75, 3.05) is 19.8 Å². The smallest absolute Gasteiger partial charge is 0.258 e. The first-order chi connectivity index (χ1) is 10.2. The maximum atomic E-state index is 11.9. The molecule has 116 valence electrons. The second kappa shape index (κ2) is 7.88. The number of hydrogen-bond donors (Lipinski definition) is 2. The molecule has 1 saturated heterocycles. The molecule has 21 heavy (non-hydrogen) atoms. The largest absolute Gasteiger partial charge is 0.494 e. The predicted molar refractivity (Wildman–Crippen MR) is 81.7 cm³/mol. The summed E-state index contributed by atoms with van der Waals surface area (Å²) >= 11 is 0. The van der Waals surface area contributed by atoms with E-state index in [4.69, 9.17) is 9.47 Å². The second-order valence-electron chi connectivity index (χ2n) is 5.25. The molecule has 1 fully saturated rings. The number of amides is 1. The van der Waals surface area contributed by atoms with Gasteiger partial charge in [0.2, 0.25) is 0 Å². The molecular formula is C16H24N2O3. The van der Waals surface area contributed by atoms with Gasteiger partial charge in [0.1, 0.15) is 11.5 Å². The van der Waals surface area contributed by atoms with Crippen molar-refractivity contribution in [3.63, 3.8) is 0 Å². The minimum atomic E-state index is -0.0792. The molecule has 1 aromatic carbocycles. The lowest BCUT2D eigenvalue weighted by Gasteiger charge is -2.30. The first kappa shape index (κ1) is 15.6. The van der Waals surface area contributed by atoms with E-state index in [0.29, 0.717) is 18.4 Å². The van der Waals surface area contributed by atoms with Crippen LogP contribution in [0.3, 0.4) is 0 Å². The topological polar surface area (TPSA) is 59.6 Å². The van der Waals surface area contributed by atoms with Gasteiger partial charge in [-0.3, -0.25) is 4.79 Å². The van der Waals surface area contributed by atoms with Gasteiger partial charge in [0.15, 0.2) is 6.61 Å². The Morgan fingerprint density at radius 3 is 2.57 bits per heavy atom. The van der Waals surface area contributed by atoms with E-state index < -0.39 is 0 Å². The molecule has 2 rings (SSSR count). The van der Waals surface area contributed by atoms with E-state index in [1.54, 1.807) is 0 Å². The number of piperidine rings is 1. The van der Waals surface area contributed by atoms with Crippen LogP contribution in [-0.2, 0) is 4.79 Å². The number of benzene rings is 1. The molecule has 2 atom stereocenters. The lowest BCUT2D eigenvalue weighted by Crippen LogP contribution is -2.52. The van der Waals surface area contributed by atoms with E-state index in [2.05, 4.69) is 17.6 Å². The highest BCUT2D eigenvalue weighted by molar-refractivity contribution is 5.77. The van der Waals surface area contributed by atoms with Crippen molar-refractivity contribution >= 4 is 5.91 Å². The zero-order valence-electron chi connectivity index (χ0n) is 12.7. The Balaban J connectivity index is 1.75. The average Bonchev–Trinajstić information content (AvgIpc) is 2.49. The van der Waals surface area contributed by atoms with Gasteiger partial charge in [0, 0.05) is 12.1 Å². The zero-order valence-corrected chi connectivity index (χ0v) is 12.7. The van der Waals surface area contributed by atoms with Gasteiger partial charge in [-0.15, -0.1) is 0 Å². The number of carbonyl (C=O) groups is 1. The van der Waals surface area contributed by atoms with Gasteiger partial charge in [-0.2, -0.15) is 0 Å². The highest BCUT2D eigenvalue weighted by Crippen LogP contribution is 2.17. The summed E-state index contributed by atoms with van der Waals surface area (Å²) in [6, 6.07) is 7.79. The molecule has 1 aromatic rings. The fourth-order valence-corrected chi connectivity index (χ4v) is 2.44. The van der Waals surface area contributed by atoms with Crippen molar-refractivity contribution in [3.05, 3.63) is 24.3 Å². The molecule has 2 N–H and O–H groups in total.